The molecule has 1 aromatic rings. The topological polar surface area (TPSA) is 12.0 Å². The van der Waals surface area contributed by atoms with E-state index in [9.17, 15) is 0 Å². The predicted octanol–water partition coefficient (Wildman–Crippen LogP) is 2.33. The van der Waals surface area contributed by atoms with Crippen LogP contribution < -0.4 is 5.32 Å². The fourth-order valence-corrected chi connectivity index (χ4v) is 2.08. The molecule has 0 unspecified atom stereocenters. The molecule has 2 rings (SSSR count). The van der Waals surface area contributed by atoms with E-state index in [1.54, 1.807) is 0 Å². The first-order chi connectivity index (χ1) is 5.38. The Morgan fingerprint density at radius 3 is 2.64 bits per heavy atom. The normalized spacial score (nSPS) is 22.8. The lowest BCUT2D eigenvalue weighted by molar-refractivity contribution is 0.382. The Balaban J connectivity index is 2.28. The Morgan fingerprint density at radius 1 is 1.36 bits per heavy atom. The van der Waals surface area contributed by atoms with Crippen LogP contribution in [0.25, 0.3) is 0 Å². The zero-order chi connectivity index (χ0) is 7.68. The molecule has 1 fully saturated rings. The number of benzene rings is 1. The van der Waals surface area contributed by atoms with Crippen LogP contribution in [0.2, 0.25) is 0 Å². The largest absolute Gasteiger partial charge is 0.310 e. The zero-order valence-electron chi connectivity index (χ0n) is 6.18. The summed E-state index contributed by atoms with van der Waals surface area (Å²) in [4.78, 5) is 0. The maximum atomic E-state index is 3.40. The maximum Gasteiger partial charge on any atom is 0.0342 e. The van der Waals surface area contributed by atoms with Crippen molar-refractivity contribution in [1.29, 1.82) is 0 Å². The number of nitrogens with one attached hydrogen (secondary N) is 1. The lowest BCUT2D eigenvalue weighted by Gasteiger charge is -2.28. The number of halogens is 1. The average molecular weight is 259 g/mol. The molecule has 0 amide bonds. The second-order valence-electron chi connectivity index (χ2n) is 2.82. The molecule has 0 radical (unpaired) electrons. The molecule has 0 aromatic heterocycles. The van der Waals surface area contributed by atoms with Crippen molar-refractivity contribution in [2.45, 2.75) is 12.5 Å². The fourth-order valence-electron chi connectivity index (χ4n) is 1.31. The number of rotatable bonds is 1. The maximum absolute atomic E-state index is 3.40. The van der Waals surface area contributed by atoms with E-state index in [1.807, 2.05) is 0 Å². The van der Waals surface area contributed by atoms with Crippen LogP contribution in [0.1, 0.15) is 18.0 Å². The summed E-state index contributed by atoms with van der Waals surface area (Å²) < 4.78 is 1.38. The van der Waals surface area contributed by atoms with Gasteiger partial charge in [-0.15, -0.1) is 0 Å². The van der Waals surface area contributed by atoms with Crippen LogP contribution in [-0.4, -0.2) is 6.54 Å². The lowest BCUT2D eigenvalue weighted by atomic mass is 9.98. The third kappa shape index (κ3) is 1.42. The summed E-state index contributed by atoms with van der Waals surface area (Å²) in [5.41, 5.74) is 1.46. The van der Waals surface area contributed by atoms with E-state index in [4.69, 9.17) is 0 Å². The summed E-state index contributed by atoms with van der Waals surface area (Å²) in [7, 11) is 0. The average Bonchev–Trinajstić information content (AvgIpc) is 1.90. The van der Waals surface area contributed by atoms with Crippen LogP contribution >= 0.6 is 22.6 Å². The van der Waals surface area contributed by atoms with Crippen LogP contribution in [0, 0.1) is 3.57 Å². The SMILES string of the molecule is Ic1ccccc1[C@@H]1CCN1. The Hall–Kier alpha value is -0.0900. The molecule has 11 heavy (non-hydrogen) atoms. The van der Waals surface area contributed by atoms with Gasteiger partial charge in [0, 0.05) is 9.61 Å². The molecule has 1 saturated heterocycles. The standard InChI is InChI=1S/C9H10IN/c10-8-4-2-1-3-7(8)9-5-6-11-9/h1-4,9,11H,5-6H2/t9-/m0/s1. The minimum absolute atomic E-state index is 0.628. The molecular weight excluding hydrogens is 249 g/mol. The van der Waals surface area contributed by atoms with Gasteiger partial charge in [-0.3, -0.25) is 0 Å². The molecule has 0 saturated carbocycles. The predicted molar refractivity (Wildman–Crippen MR) is 54.5 cm³/mol. The summed E-state index contributed by atoms with van der Waals surface area (Å²) in [6.45, 7) is 1.18. The van der Waals surface area contributed by atoms with E-state index in [2.05, 4.69) is 52.2 Å². The summed E-state index contributed by atoms with van der Waals surface area (Å²) in [6.07, 6.45) is 1.29. The van der Waals surface area contributed by atoms with Gasteiger partial charge < -0.3 is 5.32 Å². The van der Waals surface area contributed by atoms with E-state index >= 15 is 0 Å². The van der Waals surface area contributed by atoms with Crippen LogP contribution in [0.5, 0.6) is 0 Å². The van der Waals surface area contributed by atoms with Crippen molar-refractivity contribution in [3.8, 4) is 0 Å². The number of hydrogen-bond acceptors (Lipinski definition) is 1. The summed E-state index contributed by atoms with van der Waals surface area (Å²) in [5, 5.41) is 3.40. The third-order valence-corrected chi connectivity index (χ3v) is 3.09. The summed E-state index contributed by atoms with van der Waals surface area (Å²) >= 11 is 2.39. The highest BCUT2D eigenvalue weighted by Gasteiger charge is 2.19. The van der Waals surface area contributed by atoms with Crippen molar-refractivity contribution >= 4 is 22.6 Å². The van der Waals surface area contributed by atoms with E-state index in [1.165, 1.54) is 22.1 Å². The van der Waals surface area contributed by atoms with E-state index in [-0.39, 0.29) is 0 Å². The molecule has 0 aliphatic carbocycles. The molecule has 1 heterocycles. The van der Waals surface area contributed by atoms with Crippen LogP contribution in [0.15, 0.2) is 24.3 Å². The minimum atomic E-state index is 0.628. The van der Waals surface area contributed by atoms with Gasteiger partial charge >= 0.3 is 0 Å². The molecule has 0 bridgehead atoms. The minimum Gasteiger partial charge on any atom is -0.310 e. The molecule has 1 aromatic carbocycles. The monoisotopic (exact) mass is 259 g/mol. The molecule has 1 N–H and O–H groups in total. The highest BCUT2D eigenvalue weighted by atomic mass is 127. The second kappa shape index (κ2) is 3.11. The first-order valence-corrected chi connectivity index (χ1v) is 4.93. The van der Waals surface area contributed by atoms with E-state index in [0.29, 0.717) is 6.04 Å². The van der Waals surface area contributed by atoms with Crippen molar-refractivity contribution in [2.75, 3.05) is 6.54 Å². The van der Waals surface area contributed by atoms with Crippen molar-refractivity contribution in [3.63, 3.8) is 0 Å². The molecule has 1 atom stereocenters. The molecule has 58 valence electrons. The number of hydrogen-bond donors (Lipinski definition) is 1. The molecule has 1 nitrogen and oxygen atoms in total. The quantitative estimate of drug-likeness (QED) is 0.763. The van der Waals surface area contributed by atoms with Gasteiger partial charge in [0.25, 0.3) is 0 Å². The van der Waals surface area contributed by atoms with Gasteiger partial charge in [-0.05, 0) is 47.2 Å². The van der Waals surface area contributed by atoms with E-state index < -0.39 is 0 Å². The highest BCUT2D eigenvalue weighted by Crippen LogP contribution is 2.26. The van der Waals surface area contributed by atoms with E-state index in [0.717, 1.165) is 0 Å². The Bertz CT molecular complexity index is 255. The van der Waals surface area contributed by atoms with Gasteiger partial charge in [0.2, 0.25) is 0 Å². The van der Waals surface area contributed by atoms with Crippen LogP contribution in [0.3, 0.4) is 0 Å². The fraction of sp³-hybridized carbons (Fsp3) is 0.333. The van der Waals surface area contributed by atoms with Gasteiger partial charge in [0.1, 0.15) is 0 Å². The van der Waals surface area contributed by atoms with Crippen LogP contribution in [-0.2, 0) is 0 Å². The lowest BCUT2D eigenvalue weighted by Crippen LogP contribution is -2.35. The Labute approximate surface area is 80.3 Å². The first-order valence-electron chi connectivity index (χ1n) is 3.86. The van der Waals surface area contributed by atoms with Crippen LogP contribution in [0.4, 0.5) is 0 Å². The summed E-state index contributed by atoms with van der Waals surface area (Å²) in [5.74, 6) is 0. The second-order valence-corrected chi connectivity index (χ2v) is 3.98. The summed E-state index contributed by atoms with van der Waals surface area (Å²) in [6, 6.07) is 9.19. The van der Waals surface area contributed by atoms with Crippen molar-refractivity contribution in [1.82, 2.24) is 5.32 Å². The van der Waals surface area contributed by atoms with Gasteiger partial charge in [-0.2, -0.15) is 0 Å². The van der Waals surface area contributed by atoms with Crippen molar-refractivity contribution in [2.24, 2.45) is 0 Å². The molecule has 2 heteroatoms. The Morgan fingerprint density at radius 2 is 2.09 bits per heavy atom. The molecule has 1 aliphatic rings. The third-order valence-electron chi connectivity index (χ3n) is 2.10. The van der Waals surface area contributed by atoms with Crippen molar-refractivity contribution in [3.05, 3.63) is 33.4 Å². The van der Waals surface area contributed by atoms with Gasteiger partial charge in [0.05, 0.1) is 0 Å². The van der Waals surface area contributed by atoms with Crippen molar-refractivity contribution < 1.29 is 0 Å². The zero-order valence-corrected chi connectivity index (χ0v) is 8.34. The molecular formula is C9H10IN. The van der Waals surface area contributed by atoms with Gasteiger partial charge in [0.15, 0.2) is 0 Å². The molecule has 0 spiro atoms. The highest BCUT2D eigenvalue weighted by molar-refractivity contribution is 14.1. The van der Waals surface area contributed by atoms with Gasteiger partial charge in [-0.25, -0.2) is 0 Å². The Kier molecular flexibility index (Phi) is 2.13. The first kappa shape index (κ1) is 7.55. The molecule has 1 aliphatic heterocycles. The smallest absolute Gasteiger partial charge is 0.0342 e. The van der Waals surface area contributed by atoms with Gasteiger partial charge in [-0.1, -0.05) is 18.2 Å².